The second kappa shape index (κ2) is 3.66. The SMILES string of the molecule is O=Cc1c(O)c(O)c(C=O)c2ccccc12. The molecule has 4 nitrogen and oxygen atoms in total. The molecule has 0 bridgehead atoms. The van der Waals surface area contributed by atoms with Crippen molar-refractivity contribution in [2.75, 3.05) is 0 Å². The van der Waals surface area contributed by atoms with Gasteiger partial charge in [0.1, 0.15) is 0 Å². The number of phenols is 2. The highest BCUT2D eigenvalue weighted by molar-refractivity contribution is 6.10. The van der Waals surface area contributed by atoms with Crippen LogP contribution in [0.4, 0.5) is 0 Å². The zero-order chi connectivity index (χ0) is 11.7. The first-order valence-electron chi connectivity index (χ1n) is 4.57. The fourth-order valence-electron chi connectivity index (χ4n) is 1.70. The second-order valence-electron chi connectivity index (χ2n) is 3.31. The highest BCUT2D eigenvalue weighted by Gasteiger charge is 2.17. The topological polar surface area (TPSA) is 74.6 Å². The first kappa shape index (κ1) is 10.2. The fraction of sp³-hybridized carbons (Fsp3) is 0. The van der Waals surface area contributed by atoms with E-state index < -0.39 is 11.5 Å². The lowest BCUT2D eigenvalue weighted by Crippen LogP contribution is -1.92. The van der Waals surface area contributed by atoms with Crippen molar-refractivity contribution >= 4 is 23.3 Å². The monoisotopic (exact) mass is 216 g/mol. The van der Waals surface area contributed by atoms with Gasteiger partial charge in [0, 0.05) is 0 Å². The Kier molecular flexibility index (Phi) is 2.32. The van der Waals surface area contributed by atoms with Crippen LogP contribution in [0.25, 0.3) is 10.8 Å². The van der Waals surface area contributed by atoms with E-state index in [1.165, 1.54) is 0 Å². The summed E-state index contributed by atoms with van der Waals surface area (Å²) in [6.45, 7) is 0. The highest BCUT2D eigenvalue weighted by Crippen LogP contribution is 2.38. The number of hydrogen-bond acceptors (Lipinski definition) is 4. The summed E-state index contributed by atoms with van der Waals surface area (Å²) in [5, 5.41) is 20.0. The smallest absolute Gasteiger partial charge is 0.169 e. The number of rotatable bonds is 2. The fourth-order valence-corrected chi connectivity index (χ4v) is 1.70. The average Bonchev–Trinajstić information content (AvgIpc) is 2.31. The van der Waals surface area contributed by atoms with Gasteiger partial charge in [-0.05, 0) is 10.8 Å². The molecule has 2 aromatic carbocycles. The summed E-state index contributed by atoms with van der Waals surface area (Å²) in [5.41, 5.74) is -0.0302. The number of carbonyl (C=O) groups excluding carboxylic acids is 2. The quantitative estimate of drug-likeness (QED) is 0.593. The van der Waals surface area contributed by atoms with Crippen LogP contribution in [0, 0.1) is 0 Å². The molecular weight excluding hydrogens is 208 g/mol. The lowest BCUT2D eigenvalue weighted by atomic mass is 9.98. The molecule has 16 heavy (non-hydrogen) atoms. The summed E-state index contributed by atoms with van der Waals surface area (Å²) in [4.78, 5) is 21.7. The highest BCUT2D eigenvalue weighted by atomic mass is 16.3. The maximum Gasteiger partial charge on any atom is 0.169 e. The molecule has 80 valence electrons. The predicted octanol–water partition coefficient (Wildman–Crippen LogP) is 1.88. The van der Waals surface area contributed by atoms with E-state index >= 15 is 0 Å². The summed E-state index contributed by atoms with van der Waals surface area (Å²) in [5.74, 6) is -1.12. The maximum absolute atomic E-state index is 10.8. The van der Waals surface area contributed by atoms with Gasteiger partial charge in [-0.3, -0.25) is 9.59 Å². The van der Waals surface area contributed by atoms with Crippen LogP contribution in [-0.4, -0.2) is 22.8 Å². The van der Waals surface area contributed by atoms with E-state index in [-0.39, 0.29) is 11.1 Å². The number of fused-ring (bicyclic) bond motifs is 1. The van der Waals surface area contributed by atoms with Crippen molar-refractivity contribution in [3.8, 4) is 11.5 Å². The van der Waals surface area contributed by atoms with E-state index in [1.807, 2.05) is 0 Å². The minimum absolute atomic E-state index is 0.0151. The molecule has 0 spiro atoms. The number of phenolic OH excluding ortho intramolecular Hbond substituents is 2. The molecule has 0 aliphatic carbocycles. The molecule has 0 amide bonds. The lowest BCUT2D eigenvalue weighted by Gasteiger charge is -2.08. The summed E-state index contributed by atoms with van der Waals surface area (Å²) in [6.07, 6.45) is 0.901. The Balaban J connectivity index is 3.06. The van der Waals surface area contributed by atoms with Gasteiger partial charge < -0.3 is 10.2 Å². The molecule has 0 heterocycles. The molecule has 2 rings (SSSR count). The Bertz CT molecular complexity index is 535. The predicted molar refractivity (Wildman–Crippen MR) is 58.1 cm³/mol. The van der Waals surface area contributed by atoms with E-state index in [2.05, 4.69) is 0 Å². The third-order valence-corrected chi connectivity index (χ3v) is 2.48. The third kappa shape index (κ3) is 1.24. The van der Waals surface area contributed by atoms with E-state index in [4.69, 9.17) is 0 Å². The van der Waals surface area contributed by atoms with Gasteiger partial charge >= 0.3 is 0 Å². The Labute approximate surface area is 90.8 Å². The third-order valence-electron chi connectivity index (χ3n) is 2.48. The molecule has 0 atom stereocenters. The number of benzene rings is 2. The van der Waals surface area contributed by atoms with Gasteiger partial charge in [-0.15, -0.1) is 0 Å². The van der Waals surface area contributed by atoms with E-state index in [0.29, 0.717) is 23.3 Å². The molecular formula is C12H8O4. The van der Waals surface area contributed by atoms with Crippen LogP contribution < -0.4 is 0 Å². The Morgan fingerprint density at radius 1 is 0.812 bits per heavy atom. The van der Waals surface area contributed by atoms with Crippen molar-refractivity contribution in [2.24, 2.45) is 0 Å². The summed E-state index contributed by atoms with van der Waals surface area (Å²) in [7, 11) is 0. The number of carbonyl (C=O) groups is 2. The largest absolute Gasteiger partial charge is 0.504 e. The minimum atomic E-state index is -0.559. The Hall–Kier alpha value is -2.36. The number of aromatic hydroxyl groups is 2. The van der Waals surface area contributed by atoms with Crippen molar-refractivity contribution in [1.82, 2.24) is 0 Å². The number of aldehydes is 2. The van der Waals surface area contributed by atoms with Gasteiger partial charge in [0.2, 0.25) is 0 Å². The van der Waals surface area contributed by atoms with Crippen LogP contribution in [-0.2, 0) is 0 Å². The minimum Gasteiger partial charge on any atom is -0.504 e. The maximum atomic E-state index is 10.8. The van der Waals surface area contributed by atoms with Crippen molar-refractivity contribution in [2.45, 2.75) is 0 Å². The first-order valence-corrected chi connectivity index (χ1v) is 4.57. The molecule has 2 aromatic rings. The summed E-state index contributed by atoms with van der Waals surface area (Å²) < 4.78 is 0. The van der Waals surface area contributed by atoms with Gasteiger partial charge in [-0.25, -0.2) is 0 Å². The molecule has 0 saturated carbocycles. The van der Waals surface area contributed by atoms with Crippen LogP contribution in [0.5, 0.6) is 11.5 Å². The van der Waals surface area contributed by atoms with Crippen LogP contribution >= 0.6 is 0 Å². The average molecular weight is 216 g/mol. The van der Waals surface area contributed by atoms with Crippen molar-refractivity contribution < 1.29 is 19.8 Å². The Morgan fingerprint density at radius 2 is 1.19 bits per heavy atom. The van der Waals surface area contributed by atoms with Crippen molar-refractivity contribution in [3.63, 3.8) is 0 Å². The second-order valence-corrected chi connectivity index (χ2v) is 3.31. The molecule has 0 unspecified atom stereocenters. The lowest BCUT2D eigenvalue weighted by molar-refractivity contribution is 0.111. The first-order chi connectivity index (χ1) is 7.70. The molecule has 0 radical (unpaired) electrons. The van der Waals surface area contributed by atoms with Crippen molar-refractivity contribution in [1.29, 1.82) is 0 Å². The van der Waals surface area contributed by atoms with Crippen molar-refractivity contribution in [3.05, 3.63) is 35.4 Å². The van der Waals surface area contributed by atoms with E-state index in [9.17, 15) is 19.8 Å². The van der Waals surface area contributed by atoms with Crippen LogP contribution in [0.3, 0.4) is 0 Å². The zero-order valence-corrected chi connectivity index (χ0v) is 8.18. The summed E-state index contributed by atoms with van der Waals surface area (Å²) >= 11 is 0. The van der Waals surface area contributed by atoms with Gasteiger partial charge in [-0.1, -0.05) is 24.3 Å². The zero-order valence-electron chi connectivity index (χ0n) is 8.18. The Morgan fingerprint density at radius 3 is 1.50 bits per heavy atom. The van der Waals surface area contributed by atoms with Crippen LogP contribution in [0.1, 0.15) is 20.7 Å². The molecule has 4 heteroatoms. The number of hydrogen-bond donors (Lipinski definition) is 2. The van der Waals surface area contributed by atoms with E-state index in [0.717, 1.165) is 0 Å². The molecule has 0 aliphatic heterocycles. The van der Waals surface area contributed by atoms with Gasteiger partial charge in [0.25, 0.3) is 0 Å². The van der Waals surface area contributed by atoms with Crippen LogP contribution in [0.2, 0.25) is 0 Å². The van der Waals surface area contributed by atoms with E-state index in [1.54, 1.807) is 24.3 Å². The molecule has 0 fully saturated rings. The molecule has 2 N–H and O–H groups in total. The molecule has 0 aromatic heterocycles. The summed E-state index contributed by atoms with van der Waals surface area (Å²) in [6, 6.07) is 6.57. The molecule has 0 saturated heterocycles. The molecule has 0 aliphatic rings. The van der Waals surface area contributed by atoms with Gasteiger partial charge in [0.05, 0.1) is 11.1 Å². The standard InChI is InChI=1S/C12H8O4/c13-5-9-7-3-1-2-4-8(7)10(6-14)12(16)11(9)15/h1-6,15-16H. The van der Waals surface area contributed by atoms with Gasteiger partial charge in [0.15, 0.2) is 24.1 Å². The van der Waals surface area contributed by atoms with Crippen LogP contribution in [0.15, 0.2) is 24.3 Å². The normalized spacial score (nSPS) is 10.2. The van der Waals surface area contributed by atoms with Gasteiger partial charge in [-0.2, -0.15) is 0 Å².